The molecule has 0 spiro atoms. The quantitative estimate of drug-likeness (QED) is 0.270. The number of alkyl halides is 1. The first-order valence-corrected chi connectivity index (χ1v) is 8.10. The van der Waals surface area contributed by atoms with E-state index in [0.29, 0.717) is 11.9 Å². The lowest BCUT2D eigenvalue weighted by molar-refractivity contribution is -0.141. The van der Waals surface area contributed by atoms with Gasteiger partial charge in [0, 0.05) is 16.6 Å². The van der Waals surface area contributed by atoms with Crippen LogP contribution in [0.5, 0.6) is 0 Å². The topological polar surface area (TPSA) is 18.5 Å². The lowest BCUT2D eigenvalue weighted by Crippen LogP contribution is -2.26. The van der Waals surface area contributed by atoms with Gasteiger partial charge >= 0.3 is 0 Å². The van der Waals surface area contributed by atoms with Crippen LogP contribution in [0.25, 0.3) is 0 Å². The van der Waals surface area contributed by atoms with Crippen molar-refractivity contribution in [3.05, 3.63) is 46.1 Å². The molecule has 1 rings (SSSR count). The fourth-order valence-electron chi connectivity index (χ4n) is 1.57. The van der Waals surface area contributed by atoms with E-state index < -0.39 is 0 Å². The fraction of sp³-hybridized carbons (Fsp3) is 0.429. The standard InChI is InChI=1S/C14H18BrIO2/c1-3-12(18-14(10-15)17-4-2)9-11-7-5-6-8-13(11)16/h3,5-8,12,14H,1,4,9-10H2,2H3/t12-,14?/m0/s1. The zero-order valence-corrected chi connectivity index (χ0v) is 14.2. The van der Waals surface area contributed by atoms with E-state index in [1.807, 2.05) is 25.1 Å². The molecular weight excluding hydrogens is 407 g/mol. The zero-order chi connectivity index (χ0) is 13.4. The highest BCUT2D eigenvalue weighted by molar-refractivity contribution is 14.1. The number of ether oxygens (including phenoxy) is 2. The van der Waals surface area contributed by atoms with Gasteiger partial charge in [-0.25, -0.2) is 0 Å². The first kappa shape index (κ1) is 16.1. The normalized spacial score (nSPS) is 14.2. The number of rotatable bonds is 8. The van der Waals surface area contributed by atoms with Crippen LogP contribution in [0.4, 0.5) is 0 Å². The summed E-state index contributed by atoms with van der Waals surface area (Å²) >= 11 is 5.73. The molecule has 0 aromatic heterocycles. The Morgan fingerprint density at radius 3 is 2.72 bits per heavy atom. The summed E-state index contributed by atoms with van der Waals surface area (Å²) in [5, 5.41) is 0.664. The highest BCUT2D eigenvalue weighted by Gasteiger charge is 2.14. The van der Waals surface area contributed by atoms with Crippen molar-refractivity contribution in [1.29, 1.82) is 0 Å². The second-order valence-corrected chi connectivity index (χ2v) is 5.55. The van der Waals surface area contributed by atoms with Gasteiger partial charge in [-0.3, -0.25) is 0 Å². The van der Waals surface area contributed by atoms with Crippen molar-refractivity contribution < 1.29 is 9.47 Å². The van der Waals surface area contributed by atoms with Crippen LogP contribution in [0.3, 0.4) is 0 Å². The summed E-state index contributed by atoms with van der Waals surface area (Å²) in [7, 11) is 0. The Labute approximate surface area is 131 Å². The molecule has 0 fully saturated rings. The van der Waals surface area contributed by atoms with Crippen LogP contribution in [0.2, 0.25) is 0 Å². The molecule has 0 radical (unpaired) electrons. The van der Waals surface area contributed by atoms with Gasteiger partial charge in [0.15, 0.2) is 6.29 Å². The van der Waals surface area contributed by atoms with Crippen LogP contribution in [-0.4, -0.2) is 24.3 Å². The van der Waals surface area contributed by atoms with Gasteiger partial charge in [-0.1, -0.05) is 40.2 Å². The molecule has 2 atom stereocenters. The van der Waals surface area contributed by atoms with Gasteiger partial charge in [0.05, 0.1) is 11.4 Å². The number of halogens is 2. The Bertz CT molecular complexity index is 371. The minimum Gasteiger partial charge on any atom is -0.352 e. The van der Waals surface area contributed by atoms with E-state index >= 15 is 0 Å². The molecule has 1 aromatic rings. The lowest BCUT2D eigenvalue weighted by atomic mass is 10.1. The third-order valence-corrected chi connectivity index (χ3v) is 4.03. The third-order valence-electron chi connectivity index (χ3n) is 2.45. The third kappa shape index (κ3) is 5.38. The van der Waals surface area contributed by atoms with E-state index in [9.17, 15) is 0 Å². The van der Waals surface area contributed by atoms with Crippen LogP contribution in [0, 0.1) is 3.57 Å². The molecule has 1 aromatic carbocycles. The van der Waals surface area contributed by atoms with Crippen LogP contribution in [0.15, 0.2) is 36.9 Å². The van der Waals surface area contributed by atoms with Crippen LogP contribution >= 0.6 is 38.5 Å². The summed E-state index contributed by atoms with van der Waals surface area (Å²) in [5.74, 6) is 0. The maximum absolute atomic E-state index is 5.86. The maximum Gasteiger partial charge on any atom is 0.167 e. The molecule has 2 nitrogen and oxygen atoms in total. The van der Waals surface area contributed by atoms with E-state index in [2.05, 4.69) is 57.2 Å². The van der Waals surface area contributed by atoms with E-state index in [0.717, 1.165) is 6.42 Å². The molecule has 4 heteroatoms. The predicted octanol–water partition coefficient (Wildman–Crippen LogP) is 4.16. The van der Waals surface area contributed by atoms with Crippen molar-refractivity contribution in [3.8, 4) is 0 Å². The minimum absolute atomic E-state index is 0.0324. The zero-order valence-electron chi connectivity index (χ0n) is 10.4. The summed E-state index contributed by atoms with van der Waals surface area (Å²) in [6.07, 6.45) is 2.39. The Kier molecular flexibility index (Phi) is 8.13. The first-order valence-electron chi connectivity index (χ1n) is 5.90. The van der Waals surface area contributed by atoms with Crippen LogP contribution in [-0.2, 0) is 15.9 Å². The van der Waals surface area contributed by atoms with Crippen LogP contribution < -0.4 is 0 Å². The molecule has 100 valence electrons. The molecule has 0 saturated heterocycles. The van der Waals surface area contributed by atoms with Crippen molar-refractivity contribution in [3.63, 3.8) is 0 Å². The smallest absolute Gasteiger partial charge is 0.167 e. The second kappa shape index (κ2) is 9.07. The number of hydrogen-bond donors (Lipinski definition) is 0. The van der Waals surface area contributed by atoms with Gasteiger partial charge in [-0.15, -0.1) is 6.58 Å². The SMILES string of the molecule is C=C[C@@H](Cc1ccccc1I)OC(CBr)OCC. The van der Waals surface area contributed by atoms with Gasteiger partial charge in [-0.2, -0.15) is 0 Å². The highest BCUT2D eigenvalue weighted by Crippen LogP contribution is 2.16. The van der Waals surface area contributed by atoms with Crippen molar-refractivity contribution in [1.82, 2.24) is 0 Å². The Morgan fingerprint density at radius 2 is 2.17 bits per heavy atom. The summed E-state index contributed by atoms with van der Waals surface area (Å²) in [5.41, 5.74) is 1.27. The number of hydrogen-bond acceptors (Lipinski definition) is 2. The van der Waals surface area contributed by atoms with Crippen LogP contribution in [0.1, 0.15) is 12.5 Å². The monoisotopic (exact) mass is 424 g/mol. The summed E-state index contributed by atoms with van der Waals surface area (Å²) in [6.45, 7) is 6.44. The molecule has 0 N–H and O–H groups in total. The molecular formula is C14H18BrIO2. The maximum atomic E-state index is 5.86. The second-order valence-electron chi connectivity index (χ2n) is 3.74. The number of benzene rings is 1. The van der Waals surface area contributed by atoms with Crippen molar-refractivity contribution in [2.75, 3.05) is 11.9 Å². The summed E-state index contributed by atoms with van der Waals surface area (Å²) in [4.78, 5) is 0. The average molecular weight is 425 g/mol. The van der Waals surface area contributed by atoms with Gasteiger partial charge < -0.3 is 9.47 Å². The van der Waals surface area contributed by atoms with Gasteiger partial charge in [0.1, 0.15) is 0 Å². The lowest BCUT2D eigenvalue weighted by Gasteiger charge is -2.21. The van der Waals surface area contributed by atoms with Crippen molar-refractivity contribution in [2.45, 2.75) is 25.7 Å². The van der Waals surface area contributed by atoms with E-state index in [-0.39, 0.29) is 12.4 Å². The van der Waals surface area contributed by atoms with E-state index in [1.165, 1.54) is 9.13 Å². The van der Waals surface area contributed by atoms with E-state index in [1.54, 1.807) is 0 Å². The van der Waals surface area contributed by atoms with Gasteiger partial charge in [0.25, 0.3) is 0 Å². The van der Waals surface area contributed by atoms with Gasteiger partial charge in [0.2, 0.25) is 0 Å². The molecule has 0 saturated carbocycles. The summed E-state index contributed by atoms with van der Waals surface area (Å²) in [6, 6.07) is 8.30. The molecule has 0 bridgehead atoms. The molecule has 0 aliphatic carbocycles. The Hall–Kier alpha value is 0.0900. The Balaban J connectivity index is 2.62. The van der Waals surface area contributed by atoms with Crippen molar-refractivity contribution >= 4 is 38.5 Å². The molecule has 0 aliphatic heterocycles. The molecule has 0 amide bonds. The average Bonchev–Trinajstić information content (AvgIpc) is 2.39. The fourth-order valence-corrected chi connectivity index (χ4v) is 2.52. The highest BCUT2D eigenvalue weighted by atomic mass is 127. The largest absolute Gasteiger partial charge is 0.352 e. The predicted molar refractivity (Wildman–Crippen MR) is 87.1 cm³/mol. The van der Waals surface area contributed by atoms with Gasteiger partial charge in [-0.05, 0) is 41.1 Å². The Morgan fingerprint density at radius 1 is 1.44 bits per heavy atom. The van der Waals surface area contributed by atoms with Crippen molar-refractivity contribution in [2.24, 2.45) is 0 Å². The molecule has 0 heterocycles. The molecule has 18 heavy (non-hydrogen) atoms. The molecule has 1 unspecified atom stereocenters. The molecule has 0 aliphatic rings. The van der Waals surface area contributed by atoms with E-state index in [4.69, 9.17) is 9.47 Å². The first-order chi connectivity index (χ1) is 8.71. The minimum atomic E-state index is -0.223. The summed E-state index contributed by atoms with van der Waals surface area (Å²) < 4.78 is 12.6.